The fourth-order valence-electron chi connectivity index (χ4n) is 3.19. The molecule has 0 aliphatic heterocycles. The van der Waals surface area contributed by atoms with Crippen molar-refractivity contribution in [1.29, 1.82) is 0 Å². The Kier molecular flexibility index (Phi) is 8.35. The van der Waals surface area contributed by atoms with Crippen molar-refractivity contribution in [2.75, 3.05) is 44.3 Å². The molecule has 0 spiro atoms. The maximum atomic E-state index is 14.2. The molecule has 0 atom stereocenters. The normalized spacial score (nSPS) is 11.2. The summed E-state index contributed by atoms with van der Waals surface area (Å²) in [5.41, 5.74) is 0.0551. The van der Waals surface area contributed by atoms with E-state index in [9.17, 15) is 13.6 Å². The van der Waals surface area contributed by atoms with E-state index in [2.05, 4.69) is 9.88 Å². The number of aromatic nitrogens is 1. The quantitative estimate of drug-likeness (QED) is 0.412. The number of likely N-dealkylation sites (N-methyl/N-ethyl adjacent to an activating group) is 1. The zero-order chi connectivity index (χ0) is 23.1. The standard InChI is InChI=1S/C23H27F2N3O3S/c1-4-27(5-2)11-12-28(23-26-22-19(25)13-16(24)14-20(22)32-23)21(29)15-31-18-9-7-17(8-10-18)30-6-3/h7-10,13-14H,4-6,11-12,15H2,1-3H3. The molecular formula is C23H27F2N3O3S. The second-order valence-electron chi connectivity index (χ2n) is 7.00. The number of carbonyl (C=O) groups is 1. The van der Waals surface area contributed by atoms with Crippen LogP contribution in [0.25, 0.3) is 10.2 Å². The number of rotatable bonds is 11. The lowest BCUT2D eigenvalue weighted by molar-refractivity contribution is -0.120. The predicted molar refractivity (Wildman–Crippen MR) is 123 cm³/mol. The van der Waals surface area contributed by atoms with E-state index in [0.29, 0.717) is 35.3 Å². The second kappa shape index (κ2) is 11.2. The Balaban J connectivity index is 1.78. The molecule has 2 aromatic carbocycles. The summed E-state index contributed by atoms with van der Waals surface area (Å²) in [6.07, 6.45) is 0. The molecule has 9 heteroatoms. The Morgan fingerprint density at radius 3 is 2.28 bits per heavy atom. The van der Waals surface area contributed by atoms with E-state index in [1.165, 1.54) is 11.0 Å². The van der Waals surface area contributed by atoms with Gasteiger partial charge in [0.1, 0.15) is 22.8 Å². The van der Waals surface area contributed by atoms with Gasteiger partial charge < -0.3 is 14.4 Å². The fourth-order valence-corrected chi connectivity index (χ4v) is 4.24. The minimum Gasteiger partial charge on any atom is -0.494 e. The molecule has 172 valence electrons. The van der Waals surface area contributed by atoms with Gasteiger partial charge in [0.2, 0.25) is 0 Å². The monoisotopic (exact) mass is 463 g/mol. The second-order valence-corrected chi connectivity index (χ2v) is 8.01. The Labute approximate surface area is 190 Å². The smallest absolute Gasteiger partial charge is 0.266 e. The van der Waals surface area contributed by atoms with Crippen molar-refractivity contribution >= 4 is 32.6 Å². The third-order valence-electron chi connectivity index (χ3n) is 4.97. The van der Waals surface area contributed by atoms with Crippen molar-refractivity contribution in [1.82, 2.24) is 9.88 Å². The number of anilines is 1. The van der Waals surface area contributed by atoms with Gasteiger partial charge in [0.15, 0.2) is 17.6 Å². The van der Waals surface area contributed by atoms with Gasteiger partial charge in [-0.15, -0.1) is 0 Å². The minimum absolute atomic E-state index is 0.0551. The number of hydrogen-bond donors (Lipinski definition) is 0. The first-order chi connectivity index (χ1) is 15.4. The van der Waals surface area contributed by atoms with Crippen LogP contribution in [0, 0.1) is 11.6 Å². The largest absolute Gasteiger partial charge is 0.494 e. The lowest BCUT2D eigenvalue weighted by atomic mass is 10.3. The summed E-state index contributed by atoms with van der Waals surface area (Å²) in [5, 5.41) is 0.317. The number of fused-ring (bicyclic) bond motifs is 1. The summed E-state index contributed by atoms with van der Waals surface area (Å²) in [4.78, 5) is 21.0. The highest BCUT2D eigenvalue weighted by Crippen LogP contribution is 2.31. The molecule has 0 bridgehead atoms. The third-order valence-corrected chi connectivity index (χ3v) is 5.99. The van der Waals surface area contributed by atoms with Crippen LogP contribution in [0.1, 0.15) is 20.8 Å². The SMILES string of the molecule is CCOc1ccc(OCC(=O)N(CCN(CC)CC)c2nc3c(F)cc(F)cc3s2)cc1. The van der Waals surface area contributed by atoms with Crippen LogP contribution in [0.15, 0.2) is 36.4 Å². The lowest BCUT2D eigenvalue weighted by Crippen LogP contribution is -2.41. The van der Waals surface area contributed by atoms with E-state index in [1.54, 1.807) is 24.3 Å². The van der Waals surface area contributed by atoms with Gasteiger partial charge in [-0.25, -0.2) is 13.8 Å². The molecular weight excluding hydrogens is 436 g/mol. The number of halogens is 2. The predicted octanol–water partition coefficient (Wildman–Crippen LogP) is 4.73. The highest BCUT2D eigenvalue weighted by molar-refractivity contribution is 7.22. The maximum absolute atomic E-state index is 14.2. The van der Waals surface area contributed by atoms with E-state index in [-0.39, 0.29) is 18.0 Å². The average Bonchev–Trinajstić information content (AvgIpc) is 3.20. The molecule has 0 saturated carbocycles. The molecule has 0 N–H and O–H groups in total. The van der Waals surface area contributed by atoms with Crippen LogP contribution in [0.4, 0.5) is 13.9 Å². The van der Waals surface area contributed by atoms with E-state index in [0.717, 1.165) is 36.2 Å². The van der Waals surface area contributed by atoms with Crippen molar-refractivity contribution in [2.24, 2.45) is 0 Å². The molecule has 3 rings (SSSR count). The summed E-state index contributed by atoms with van der Waals surface area (Å²) in [7, 11) is 0. The highest BCUT2D eigenvalue weighted by Gasteiger charge is 2.22. The number of amides is 1. The average molecular weight is 464 g/mol. The molecule has 0 unspecified atom stereocenters. The van der Waals surface area contributed by atoms with Gasteiger partial charge in [-0.2, -0.15) is 0 Å². The molecule has 1 amide bonds. The third kappa shape index (κ3) is 5.92. The van der Waals surface area contributed by atoms with Crippen LogP contribution in [0.3, 0.4) is 0 Å². The number of hydrogen-bond acceptors (Lipinski definition) is 6. The van der Waals surface area contributed by atoms with Crippen LogP contribution in [0.2, 0.25) is 0 Å². The van der Waals surface area contributed by atoms with Crippen molar-refractivity contribution in [3.8, 4) is 11.5 Å². The maximum Gasteiger partial charge on any atom is 0.266 e. The number of nitrogens with zero attached hydrogens (tertiary/aromatic N) is 3. The van der Waals surface area contributed by atoms with Crippen LogP contribution in [-0.2, 0) is 4.79 Å². The van der Waals surface area contributed by atoms with Gasteiger partial charge in [-0.1, -0.05) is 25.2 Å². The number of carbonyl (C=O) groups excluding carboxylic acids is 1. The first-order valence-electron chi connectivity index (χ1n) is 10.6. The summed E-state index contributed by atoms with van der Waals surface area (Å²) in [6.45, 7) is 8.98. The molecule has 0 aliphatic rings. The summed E-state index contributed by atoms with van der Waals surface area (Å²) >= 11 is 1.08. The summed E-state index contributed by atoms with van der Waals surface area (Å²) in [6, 6.07) is 9.02. The van der Waals surface area contributed by atoms with Crippen molar-refractivity contribution in [2.45, 2.75) is 20.8 Å². The lowest BCUT2D eigenvalue weighted by Gasteiger charge is -2.24. The van der Waals surface area contributed by atoms with Crippen molar-refractivity contribution in [3.05, 3.63) is 48.0 Å². The Morgan fingerprint density at radius 1 is 1.00 bits per heavy atom. The van der Waals surface area contributed by atoms with Gasteiger partial charge in [0, 0.05) is 19.2 Å². The molecule has 1 heterocycles. The van der Waals surface area contributed by atoms with Gasteiger partial charge >= 0.3 is 0 Å². The number of benzene rings is 2. The van der Waals surface area contributed by atoms with E-state index >= 15 is 0 Å². The molecule has 1 aromatic heterocycles. The number of ether oxygens (including phenoxy) is 2. The van der Waals surface area contributed by atoms with E-state index in [4.69, 9.17) is 9.47 Å². The zero-order valence-electron chi connectivity index (χ0n) is 18.4. The fraction of sp³-hybridized carbons (Fsp3) is 0.391. The molecule has 6 nitrogen and oxygen atoms in total. The van der Waals surface area contributed by atoms with Gasteiger partial charge in [-0.05, 0) is 50.3 Å². The summed E-state index contributed by atoms with van der Waals surface area (Å²) in [5.74, 6) is -0.487. The Morgan fingerprint density at radius 2 is 1.66 bits per heavy atom. The van der Waals surface area contributed by atoms with Gasteiger partial charge in [0.05, 0.1) is 11.3 Å². The Bertz CT molecular complexity index is 1040. The van der Waals surface area contributed by atoms with Crippen LogP contribution >= 0.6 is 11.3 Å². The van der Waals surface area contributed by atoms with Gasteiger partial charge in [0.25, 0.3) is 5.91 Å². The molecule has 0 radical (unpaired) electrons. The molecule has 0 saturated heterocycles. The van der Waals surface area contributed by atoms with Gasteiger partial charge in [-0.3, -0.25) is 9.69 Å². The number of thiazole rings is 1. The molecule has 32 heavy (non-hydrogen) atoms. The first-order valence-corrected chi connectivity index (χ1v) is 11.4. The molecule has 0 fully saturated rings. The van der Waals surface area contributed by atoms with Crippen LogP contribution in [-0.4, -0.2) is 55.2 Å². The van der Waals surface area contributed by atoms with Crippen LogP contribution in [0.5, 0.6) is 11.5 Å². The molecule has 0 aliphatic carbocycles. The van der Waals surface area contributed by atoms with Crippen LogP contribution < -0.4 is 14.4 Å². The van der Waals surface area contributed by atoms with E-state index in [1.807, 2.05) is 20.8 Å². The van der Waals surface area contributed by atoms with E-state index < -0.39 is 11.6 Å². The van der Waals surface area contributed by atoms with Crippen molar-refractivity contribution < 1.29 is 23.0 Å². The Hall–Kier alpha value is -2.78. The highest BCUT2D eigenvalue weighted by atomic mass is 32.1. The first kappa shape index (κ1) is 23.9. The van der Waals surface area contributed by atoms with Crippen molar-refractivity contribution in [3.63, 3.8) is 0 Å². The molecule has 3 aromatic rings. The summed E-state index contributed by atoms with van der Waals surface area (Å²) < 4.78 is 39.2. The minimum atomic E-state index is -0.746. The topological polar surface area (TPSA) is 54.9 Å². The zero-order valence-corrected chi connectivity index (χ0v) is 19.3.